The lowest BCUT2D eigenvalue weighted by Gasteiger charge is -2.33. The molecule has 0 spiro atoms. The maximum Gasteiger partial charge on any atom is 0.264 e. The average Bonchev–Trinajstić information content (AvgIpc) is 2.96. The molecule has 2 amide bonds. The van der Waals surface area contributed by atoms with Crippen LogP contribution in [0.2, 0.25) is 0 Å². The van der Waals surface area contributed by atoms with Gasteiger partial charge in [-0.25, -0.2) is 17.2 Å². The maximum atomic E-state index is 15.0. The van der Waals surface area contributed by atoms with Crippen molar-refractivity contribution < 1.29 is 26.8 Å². The number of hydrogen-bond donors (Lipinski definition) is 1. The molecule has 1 N–H and O–H groups in total. The molecular formula is C31H35F2N3O4S. The maximum absolute atomic E-state index is 15.0. The summed E-state index contributed by atoms with van der Waals surface area (Å²) in [4.78, 5) is 28.2. The van der Waals surface area contributed by atoms with Crippen molar-refractivity contribution >= 4 is 27.5 Å². The van der Waals surface area contributed by atoms with Crippen LogP contribution in [0.1, 0.15) is 50.2 Å². The number of hydrogen-bond acceptors (Lipinski definition) is 4. The van der Waals surface area contributed by atoms with Gasteiger partial charge in [-0.05, 0) is 57.0 Å². The third kappa shape index (κ3) is 7.30. The normalized spacial score (nSPS) is 14.7. The van der Waals surface area contributed by atoms with Gasteiger partial charge in [0, 0.05) is 18.2 Å². The van der Waals surface area contributed by atoms with Gasteiger partial charge in [0.05, 0.1) is 10.6 Å². The van der Waals surface area contributed by atoms with E-state index in [4.69, 9.17) is 0 Å². The second-order valence-electron chi connectivity index (χ2n) is 10.4. The van der Waals surface area contributed by atoms with Crippen molar-refractivity contribution in [3.8, 4) is 0 Å². The van der Waals surface area contributed by atoms with E-state index in [1.807, 2.05) is 0 Å². The Kier molecular flexibility index (Phi) is 9.75. The van der Waals surface area contributed by atoms with Crippen LogP contribution < -0.4 is 9.62 Å². The molecule has 7 nitrogen and oxygen atoms in total. The number of nitrogens with one attached hydrogen (secondary N) is 1. The highest BCUT2D eigenvalue weighted by Gasteiger charge is 2.34. The third-order valence-electron chi connectivity index (χ3n) is 7.43. The van der Waals surface area contributed by atoms with E-state index in [0.29, 0.717) is 4.31 Å². The fourth-order valence-electron chi connectivity index (χ4n) is 4.97. The van der Waals surface area contributed by atoms with Crippen molar-refractivity contribution in [2.75, 3.05) is 10.8 Å². The van der Waals surface area contributed by atoms with E-state index in [2.05, 4.69) is 5.32 Å². The van der Waals surface area contributed by atoms with Gasteiger partial charge in [-0.3, -0.25) is 13.9 Å². The highest BCUT2D eigenvalue weighted by atomic mass is 32.2. The lowest BCUT2D eigenvalue weighted by atomic mass is 9.95. The van der Waals surface area contributed by atoms with Gasteiger partial charge >= 0.3 is 0 Å². The summed E-state index contributed by atoms with van der Waals surface area (Å²) < 4.78 is 58.0. The van der Waals surface area contributed by atoms with Crippen LogP contribution in [0.15, 0.2) is 77.7 Å². The van der Waals surface area contributed by atoms with Gasteiger partial charge in [-0.2, -0.15) is 0 Å². The van der Waals surface area contributed by atoms with Crippen LogP contribution in [0, 0.1) is 18.6 Å². The Labute approximate surface area is 240 Å². The van der Waals surface area contributed by atoms with Crippen LogP contribution >= 0.6 is 0 Å². The third-order valence-corrected chi connectivity index (χ3v) is 9.20. The SMILES string of the molecule is Cc1ccc(S(=O)(=O)N(CC(=O)N(Cc2ccccc2F)C(C)C(=O)NC2CCCCC2)c2ccccc2F)cc1. The molecule has 1 saturated carbocycles. The Morgan fingerprint density at radius 3 is 2.15 bits per heavy atom. The number of para-hydroxylation sites is 1. The number of rotatable bonds is 10. The van der Waals surface area contributed by atoms with Crippen LogP contribution in [-0.2, 0) is 26.2 Å². The molecule has 218 valence electrons. The summed E-state index contributed by atoms with van der Waals surface area (Å²) in [6.07, 6.45) is 4.74. The van der Waals surface area contributed by atoms with Gasteiger partial charge in [0.2, 0.25) is 11.8 Å². The molecule has 0 radical (unpaired) electrons. The number of nitrogens with zero attached hydrogens (tertiary/aromatic N) is 2. The van der Waals surface area contributed by atoms with Crippen LogP contribution in [0.25, 0.3) is 0 Å². The topological polar surface area (TPSA) is 86.8 Å². The summed E-state index contributed by atoms with van der Waals surface area (Å²) in [6.45, 7) is 2.25. The summed E-state index contributed by atoms with van der Waals surface area (Å²) in [5.41, 5.74) is 0.676. The van der Waals surface area contributed by atoms with Gasteiger partial charge < -0.3 is 10.2 Å². The predicted molar refractivity (Wildman–Crippen MR) is 154 cm³/mol. The van der Waals surface area contributed by atoms with Crippen molar-refractivity contribution in [1.29, 1.82) is 0 Å². The number of amides is 2. The Morgan fingerprint density at radius 1 is 0.902 bits per heavy atom. The molecule has 0 aromatic heterocycles. The first-order valence-electron chi connectivity index (χ1n) is 13.7. The van der Waals surface area contributed by atoms with Gasteiger partial charge in [-0.1, -0.05) is 67.3 Å². The molecule has 1 aliphatic rings. The molecule has 3 aromatic carbocycles. The van der Waals surface area contributed by atoms with Crippen molar-refractivity contribution in [3.63, 3.8) is 0 Å². The van der Waals surface area contributed by atoms with Crippen LogP contribution in [0.3, 0.4) is 0 Å². The van der Waals surface area contributed by atoms with E-state index in [9.17, 15) is 22.4 Å². The van der Waals surface area contributed by atoms with Crippen molar-refractivity contribution in [1.82, 2.24) is 10.2 Å². The standard InChI is InChI=1S/C31H35F2N3O4S/c1-22-16-18-26(19-17-22)41(39,40)36(29-15-9-8-14-28(29)33)21-30(37)35(20-24-10-6-7-13-27(24)32)23(2)31(38)34-25-11-4-3-5-12-25/h6-10,13-19,23,25H,3-5,11-12,20-21H2,1-2H3,(H,34,38). The Hall–Kier alpha value is -3.79. The second-order valence-corrected chi connectivity index (χ2v) is 12.3. The van der Waals surface area contributed by atoms with E-state index >= 15 is 4.39 Å². The molecule has 10 heteroatoms. The number of sulfonamides is 1. The number of aryl methyl sites for hydroxylation is 1. The number of anilines is 1. The monoisotopic (exact) mass is 583 g/mol. The molecule has 1 atom stereocenters. The number of carbonyl (C=O) groups is 2. The number of benzene rings is 3. The van der Waals surface area contributed by atoms with Crippen LogP contribution in [-0.4, -0.2) is 43.8 Å². The van der Waals surface area contributed by atoms with Crippen LogP contribution in [0.5, 0.6) is 0 Å². The van der Waals surface area contributed by atoms with Crippen molar-refractivity contribution in [2.45, 2.75) is 69.5 Å². The summed E-state index contributed by atoms with van der Waals surface area (Å²) in [5.74, 6) is -2.60. The molecule has 0 aliphatic heterocycles. The lowest BCUT2D eigenvalue weighted by molar-refractivity contribution is -0.139. The van der Waals surface area contributed by atoms with E-state index in [-0.39, 0.29) is 28.7 Å². The molecular weight excluding hydrogens is 548 g/mol. The van der Waals surface area contributed by atoms with Gasteiger partial charge in [-0.15, -0.1) is 0 Å². The minimum Gasteiger partial charge on any atom is -0.352 e. The molecule has 0 bridgehead atoms. The molecule has 1 unspecified atom stereocenters. The Morgan fingerprint density at radius 2 is 1.51 bits per heavy atom. The largest absolute Gasteiger partial charge is 0.352 e. The Bertz CT molecular complexity index is 1470. The first kappa shape index (κ1) is 30.2. The minimum atomic E-state index is -4.40. The van der Waals surface area contributed by atoms with Crippen LogP contribution in [0.4, 0.5) is 14.5 Å². The lowest BCUT2D eigenvalue weighted by Crippen LogP contribution is -2.53. The van der Waals surface area contributed by atoms with E-state index in [1.165, 1.54) is 55.5 Å². The quantitative estimate of drug-likeness (QED) is 0.349. The highest BCUT2D eigenvalue weighted by molar-refractivity contribution is 7.92. The second kappa shape index (κ2) is 13.2. The van der Waals surface area contributed by atoms with Crippen molar-refractivity contribution in [2.24, 2.45) is 0 Å². The predicted octanol–water partition coefficient (Wildman–Crippen LogP) is 5.33. The summed E-state index contributed by atoms with van der Waals surface area (Å²) >= 11 is 0. The average molecular weight is 584 g/mol. The van der Waals surface area contributed by atoms with Crippen molar-refractivity contribution in [3.05, 3.63) is 95.6 Å². The number of halogens is 2. The zero-order valence-electron chi connectivity index (χ0n) is 23.2. The Balaban J connectivity index is 1.69. The zero-order chi connectivity index (χ0) is 29.6. The summed E-state index contributed by atoms with van der Waals surface area (Å²) in [7, 11) is -4.40. The first-order valence-corrected chi connectivity index (χ1v) is 15.2. The fraction of sp³-hybridized carbons (Fsp3) is 0.355. The number of carbonyl (C=O) groups excluding carboxylic acids is 2. The molecule has 1 fully saturated rings. The summed E-state index contributed by atoms with van der Waals surface area (Å²) in [6, 6.07) is 16.1. The van der Waals surface area contributed by atoms with E-state index in [0.717, 1.165) is 48.6 Å². The van der Waals surface area contributed by atoms with Gasteiger partial charge in [0.25, 0.3) is 10.0 Å². The highest BCUT2D eigenvalue weighted by Crippen LogP contribution is 2.27. The van der Waals surface area contributed by atoms with Gasteiger partial charge in [0.1, 0.15) is 24.2 Å². The molecule has 0 heterocycles. The van der Waals surface area contributed by atoms with Gasteiger partial charge in [0.15, 0.2) is 0 Å². The molecule has 4 rings (SSSR count). The molecule has 0 saturated heterocycles. The van der Waals surface area contributed by atoms with E-state index < -0.39 is 46.1 Å². The van der Waals surface area contributed by atoms with E-state index in [1.54, 1.807) is 25.1 Å². The fourth-order valence-corrected chi connectivity index (χ4v) is 6.39. The minimum absolute atomic E-state index is 0.0269. The molecule has 1 aliphatic carbocycles. The smallest absolute Gasteiger partial charge is 0.264 e. The molecule has 41 heavy (non-hydrogen) atoms. The molecule has 3 aromatic rings. The first-order chi connectivity index (χ1) is 19.6. The zero-order valence-corrected chi connectivity index (χ0v) is 24.0. The summed E-state index contributed by atoms with van der Waals surface area (Å²) in [5, 5.41) is 2.99.